The maximum absolute atomic E-state index is 11.9. The summed E-state index contributed by atoms with van der Waals surface area (Å²) in [5.74, 6) is 0.354. The molecule has 0 aromatic heterocycles. The van der Waals surface area contributed by atoms with E-state index in [-0.39, 0.29) is 12.0 Å². The lowest BCUT2D eigenvalue weighted by Gasteiger charge is -2.34. The highest BCUT2D eigenvalue weighted by atomic mass is 16.3. The van der Waals surface area contributed by atoms with Crippen LogP contribution in [0.1, 0.15) is 26.2 Å². The number of carbonyl (C=O) groups is 1. The monoisotopic (exact) mass is 291 g/mol. The molecule has 0 spiro atoms. The molecule has 1 aliphatic rings. The van der Waals surface area contributed by atoms with E-state index in [1.165, 1.54) is 0 Å². The summed E-state index contributed by atoms with van der Waals surface area (Å²) in [7, 11) is 0. The Labute approximate surface area is 126 Å². The molecule has 2 atom stereocenters. The van der Waals surface area contributed by atoms with Crippen LogP contribution in [0.4, 0.5) is 11.4 Å². The number of nitrogens with one attached hydrogen (secondary N) is 1. The number of aliphatic hydroxyl groups excluding tert-OH is 1. The standard InChI is InChI=1S/C16H25N3O2/c1-12-11-19(10-8-15(12)20)9-2-3-16(21)18-14-6-4-13(17)5-7-14/h4-7,12,15,20H,2-3,8-11,17H2,1H3,(H,18,21). The molecule has 21 heavy (non-hydrogen) atoms. The summed E-state index contributed by atoms with van der Waals surface area (Å²) in [6, 6.07) is 7.16. The summed E-state index contributed by atoms with van der Waals surface area (Å²) in [6.45, 7) is 4.82. The molecule has 1 aliphatic heterocycles. The molecule has 0 saturated carbocycles. The van der Waals surface area contributed by atoms with Gasteiger partial charge in [0.05, 0.1) is 6.10 Å². The van der Waals surface area contributed by atoms with Crippen molar-refractivity contribution < 1.29 is 9.90 Å². The van der Waals surface area contributed by atoms with Gasteiger partial charge in [0, 0.05) is 30.9 Å². The molecule has 2 rings (SSSR count). The van der Waals surface area contributed by atoms with Gasteiger partial charge in [0.2, 0.25) is 5.91 Å². The van der Waals surface area contributed by atoms with Crippen LogP contribution < -0.4 is 11.1 Å². The number of aliphatic hydroxyl groups is 1. The van der Waals surface area contributed by atoms with E-state index in [9.17, 15) is 9.90 Å². The lowest BCUT2D eigenvalue weighted by Crippen LogP contribution is -2.42. The van der Waals surface area contributed by atoms with Gasteiger partial charge in [0.1, 0.15) is 0 Å². The highest BCUT2D eigenvalue weighted by Crippen LogP contribution is 2.17. The Morgan fingerprint density at radius 1 is 1.43 bits per heavy atom. The number of piperidine rings is 1. The van der Waals surface area contributed by atoms with E-state index in [4.69, 9.17) is 5.73 Å². The number of nitrogens with zero attached hydrogens (tertiary/aromatic N) is 1. The number of hydrogen-bond acceptors (Lipinski definition) is 4. The molecule has 1 saturated heterocycles. The Morgan fingerprint density at radius 3 is 2.81 bits per heavy atom. The van der Waals surface area contributed by atoms with Crippen LogP contribution in [0.5, 0.6) is 0 Å². The smallest absolute Gasteiger partial charge is 0.224 e. The Balaban J connectivity index is 1.66. The van der Waals surface area contributed by atoms with E-state index in [2.05, 4.69) is 17.1 Å². The van der Waals surface area contributed by atoms with Crippen LogP contribution in [0.2, 0.25) is 0 Å². The molecule has 5 nitrogen and oxygen atoms in total. The summed E-state index contributed by atoms with van der Waals surface area (Å²) in [5.41, 5.74) is 7.08. The van der Waals surface area contributed by atoms with Crippen molar-refractivity contribution >= 4 is 17.3 Å². The van der Waals surface area contributed by atoms with Crippen molar-refractivity contribution in [3.8, 4) is 0 Å². The zero-order valence-corrected chi connectivity index (χ0v) is 12.6. The van der Waals surface area contributed by atoms with E-state index in [1.807, 2.05) is 0 Å². The number of nitrogens with two attached hydrogens (primary N) is 1. The van der Waals surface area contributed by atoms with Crippen molar-refractivity contribution in [2.24, 2.45) is 5.92 Å². The van der Waals surface area contributed by atoms with Crippen LogP contribution in [0.3, 0.4) is 0 Å². The number of nitrogen functional groups attached to an aromatic ring is 1. The molecule has 5 heteroatoms. The predicted molar refractivity (Wildman–Crippen MR) is 84.9 cm³/mol. The molecule has 4 N–H and O–H groups in total. The second-order valence-corrected chi connectivity index (χ2v) is 5.91. The molecule has 1 aromatic carbocycles. The minimum atomic E-state index is -0.171. The molecule has 2 unspecified atom stereocenters. The largest absolute Gasteiger partial charge is 0.399 e. The van der Waals surface area contributed by atoms with Gasteiger partial charge >= 0.3 is 0 Å². The number of amides is 1. The van der Waals surface area contributed by atoms with E-state index >= 15 is 0 Å². The van der Waals surface area contributed by atoms with Crippen LogP contribution in [-0.4, -0.2) is 41.7 Å². The number of likely N-dealkylation sites (tertiary alicyclic amines) is 1. The van der Waals surface area contributed by atoms with E-state index in [0.29, 0.717) is 18.0 Å². The van der Waals surface area contributed by atoms with Gasteiger partial charge in [-0.05, 0) is 49.6 Å². The predicted octanol–water partition coefficient (Wildman–Crippen LogP) is 1.69. The van der Waals surface area contributed by atoms with Crippen LogP contribution in [0, 0.1) is 5.92 Å². The summed E-state index contributed by atoms with van der Waals surface area (Å²) < 4.78 is 0. The van der Waals surface area contributed by atoms with Crippen molar-refractivity contribution in [1.82, 2.24) is 4.90 Å². The second-order valence-electron chi connectivity index (χ2n) is 5.91. The van der Waals surface area contributed by atoms with Gasteiger partial charge in [0.15, 0.2) is 0 Å². The third-order valence-corrected chi connectivity index (χ3v) is 4.02. The summed E-state index contributed by atoms with van der Waals surface area (Å²) in [4.78, 5) is 14.2. The van der Waals surface area contributed by atoms with Crippen molar-refractivity contribution in [2.45, 2.75) is 32.3 Å². The van der Waals surface area contributed by atoms with E-state index in [1.54, 1.807) is 24.3 Å². The lowest BCUT2D eigenvalue weighted by molar-refractivity contribution is -0.116. The molecule has 1 amide bonds. The topological polar surface area (TPSA) is 78.6 Å². The van der Waals surface area contributed by atoms with Gasteiger partial charge in [-0.1, -0.05) is 6.92 Å². The first-order chi connectivity index (χ1) is 10.0. The first-order valence-electron chi connectivity index (χ1n) is 7.60. The van der Waals surface area contributed by atoms with Gasteiger partial charge in [-0.25, -0.2) is 0 Å². The van der Waals surface area contributed by atoms with Gasteiger partial charge in [-0.3, -0.25) is 4.79 Å². The normalized spacial score (nSPS) is 23.0. The SMILES string of the molecule is CC1CN(CCCC(=O)Nc2ccc(N)cc2)CCC1O. The van der Waals surface area contributed by atoms with Crippen molar-refractivity contribution in [2.75, 3.05) is 30.7 Å². The quantitative estimate of drug-likeness (QED) is 0.721. The molecule has 1 heterocycles. The van der Waals surface area contributed by atoms with E-state index < -0.39 is 0 Å². The lowest BCUT2D eigenvalue weighted by atomic mass is 9.96. The average molecular weight is 291 g/mol. The molecule has 1 fully saturated rings. The first kappa shape index (κ1) is 15.8. The Bertz CT molecular complexity index is 461. The zero-order valence-electron chi connectivity index (χ0n) is 12.6. The highest BCUT2D eigenvalue weighted by Gasteiger charge is 2.23. The molecule has 0 radical (unpaired) electrons. The Hall–Kier alpha value is -1.59. The fourth-order valence-corrected chi connectivity index (χ4v) is 2.68. The number of anilines is 2. The second kappa shape index (κ2) is 7.43. The molecule has 0 aliphatic carbocycles. The highest BCUT2D eigenvalue weighted by molar-refractivity contribution is 5.90. The fourth-order valence-electron chi connectivity index (χ4n) is 2.68. The molecule has 1 aromatic rings. The summed E-state index contributed by atoms with van der Waals surface area (Å²) in [5, 5.41) is 12.6. The zero-order chi connectivity index (χ0) is 15.2. The van der Waals surface area contributed by atoms with Crippen LogP contribution in [0.25, 0.3) is 0 Å². The number of benzene rings is 1. The summed E-state index contributed by atoms with van der Waals surface area (Å²) in [6.07, 6.45) is 2.01. The van der Waals surface area contributed by atoms with Crippen LogP contribution in [0.15, 0.2) is 24.3 Å². The van der Waals surface area contributed by atoms with Gasteiger partial charge in [0.25, 0.3) is 0 Å². The first-order valence-corrected chi connectivity index (χ1v) is 7.60. The van der Waals surface area contributed by atoms with Crippen molar-refractivity contribution in [1.29, 1.82) is 0 Å². The van der Waals surface area contributed by atoms with Crippen LogP contribution >= 0.6 is 0 Å². The third-order valence-electron chi connectivity index (χ3n) is 4.02. The number of hydrogen-bond donors (Lipinski definition) is 3. The van der Waals surface area contributed by atoms with Crippen molar-refractivity contribution in [3.05, 3.63) is 24.3 Å². The van der Waals surface area contributed by atoms with Gasteiger partial charge in [-0.2, -0.15) is 0 Å². The molecule has 116 valence electrons. The molecular weight excluding hydrogens is 266 g/mol. The van der Waals surface area contributed by atoms with Gasteiger partial charge < -0.3 is 21.1 Å². The van der Waals surface area contributed by atoms with Gasteiger partial charge in [-0.15, -0.1) is 0 Å². The van der Waals surface area contributed by atoms with E-state index in [0.717, 1.165) is 38.2 Å². The van der Waals surface area contributed by atoms with Crippen LogP contribution in [-0.2, 0) is 4.79 Å². The average Bonchev–Trinajstić information content (AvgIpc) is 2.45. The minimum Gasteiger partial charge on any atom is -0.399 e. The number of carbonyl (C=O) groups excluding carboxylic acids is 1. The Morgan fingerprint density at radius 2 is 2.14 bits per heavy atom. The maximum Gasteiger partial charge on any atom is 0.224 e. The molecular formula is C16H25N3O2. The fraction of sp³-hybridized carbons (Fsp3) is 0.562. The van der Waals surface area contributed by atoms with Crippen molar-refractivity contribution in [3.63, 3.8) is 0 Å². The number of rotatable bonds is 5. The third kappa shape index (κ3) is 5.02. The summed E-state index contributed by atoms with van der Waals surface area (Å²) >= 11 is 0. The molecule has 0 bridgehead atoms. The Kier molecular flexibility index (Phi) is 5.59. The minimum absolute atomic E-state index is 0.0323. The maximum atomic E-state index is 11.9.